The molecule has 132 valence electrons. The highest BCUT2D eigenvalue weighted by Crippen LogP contribution is 2.72. The number of aliphatic hydroxyl groups is 3. The van der Waals surface area contributed by atoms with Crippen molar-refractivity contribution in [3.8, 4) is 0 Å². The van der Waals surface area contributed by atoms with Crippen LogP contribution in [0.25, 0.3) is 0 Å². The van der Waals surface area contributed by atoms with Crippen molar-refractivity contribution >= 4 is 0 Å². The second-order valence-corrected chi connectivity index (χ2v) is 10.4. The molecule has 4 rings (SSSR count). The fourth-order valence-corrected chi connectivity index (χ4v) is 8.34. The Morgan fingerprint density at radius 3 is 2.48 bits per heavy atom. The molecule has 0 amide bonds. The minimum Gasteiger partial charge on any atom is -0.393 e. The maximum atomic E-state index is 11.2. The molecule has 0 aromatic carbocycles. The van der Waals surface area contributed by atoms with Gasteiger partial charge in [0.05, 0.1) is 18.3 Å². The van der Waals surface area contributed by atoms with Crippen molar-refractivity contribution in [1.29, 1.82) is 0 Å². The van der Waals surface area contributed by atoms with Gasteiger partial charge in [0.2, 0.25) is 0 Å². The lowest BCUT2D eigenvalue weighted by molar-refractivity contribution is -0.198. The van der Waals surface area contributed by atoms with Crippen LogP contribution in [0, 0.1) is 34.0 Å². The van der Waals surface area contributed by atoms with Crippen LogP contribution in [0.4, 0.5) is 0 Å². The zero-order valence-electron chi connectivity index (χ0n) is 15.0. The van der Waals surface area contributed by atoms with Gasteiger partial charge in [0, 0.05) is 0 Å². The third-order valence-electron chi connectivity index (χ3n) is 8.77. The van der Waals surface area contributed by atoms with Gasteiger partial charge in [0.25, 0.3) is 0 Å². The molecule has 1 spiro atoms. The first-order valence-electron chi connectivity index (χ1n) is 9.68. The SMILES string of the molecule is CC1(C)CCC[C@]2(C)[C@@H]1[C@@H](O)C[C@@]13C[C@H](CC[C@H]12)[C@@](O)(CO)C3. The number of aliphatic hydroxyl groups excluding tert-OH is 2. The molecule has 0 saturated heterocycles. The highest BCUT2D eigenvalue weighted by molar-refractivity contribution is 5.18. The summed E-state index contributed by atoms with van der Waals surface area (Å²) in [6.45, 7) is 7.01. The number of hydrogen-bond donors (Lipinski definition) is 3. The van der Waals surface area contributed by atoms with Gasteiger partial charge in [-0.25, -0.2) is 0 Å². The van der Waals surface area contributed by atoms with E-state index in [0.29, 0.717) is 18.3 Å². The van der Waals surface area contributed by atoms with Crippen molar-refractivity contribution in [3.63, 3.8) is 0 Å². The van der Waals surface area contributed by atoms with Crippen molar-refractivity contribution < 1.29 is 15.3 Å². The minimum atomic E-state index is -0.901. The van der Waals surface area contributed by atoms with Crippen LogP contribution < -0.4 is 0 Å². The summed E-state index contributed by atoms with van der Waals surface area (Å²) >= 11 is 0. The molecule has 0 aromatic heterocycles. The zero-order valence-corrected chi connectivity index (χ0v) is 15.0. The zero-order chi connectivity index (χ0) is 16.7. The maximum absolute atomic E-state index is 11.2. The van der Waals surface area contributed by atoms with Gasteiger partial charge < -0.3 is 15.3 Å². The standard InChI is InChI=1S/C20H34O3/c1-17(2)7-4-8-18(3)15-6-5-13-9-19(15,10-14(22)16(17)18)11-20(13,23)12-21/h13-16,21-23H,4-12H2,1-3H3/t13-,14-,15-,16+,18-,19+,20-/m0/s1. The summed E-state index contributed by atoms with van der Waals surface area (Å²) in [6.07, 6.45) is 8.18. The van der Waals surface area contributed by atoms with Gasteiger partial charge in [-0.05, 0) is 78.9 Å². The van der Waals surface area contributed by atoms with Crippen LogP contribution in [-0.2, 0) is 0 Å². The molecule has 4 aliphatic carbocycles. The van der Waals surface area contributed by atoms with E-state index in [9.17, 15) is 15.3 Å². The average Bonchev–Trinajstić information content (AvgIpc) is 2.64. The van der Waals surface area contributed by atoms with Crippen LogP contribution in [0.5, 0.6) is 0 Å². The molecule has 0 radical (unpaired) electrons. The van der Waals surface area contributed by atoms with Gasteiger partial charge in [-0.1, -0.05) is 27.2 Å². The highest BCUT2D eigenvalue weighted by Gasteiger charge is 2.68. The molecule has 3 N–H and O–H groups in total. The van der Waals surface area contributed by atoms with Crippen molar-refractivity contribution in [2.24, 2.45) is 34.0 Å². The van der Waals surface area contributed by atoms with Crippen molar-refractivity contribution in [2.45, 2.75) is 83.8 Å². The third kappa shape index (κ3) is 1.99. The van der Waals surface area contributed by atoms with Crippen molar-refractivity contribution in [2.75, 3.05) is 6.61 Å². The predicted octanol–water partition coefficient (Wildman–Crippen LogP) is 3.11. The quantitative estimate of drug-likeness (QED) is 0.695. The molecule has 4 fully saturated rings. The Labute approximate surface area is 140 Å². The van der Waals surface area contributed by atoms with Gasteiger partial charge in [0.1, 0.15) is 0 Å². The first-order valence-corrected chi connectivity index (χ1v) is 9.68. The summed E-state index contributed by atoms with van der Waals surface area (Å²) in [5.74, 6) is 1.20. The number of fused-ring (bicyclic) bond motifs is 3. The van der Waals surface area contributed by atoms with E-state index >= 15 is 0 Å². The van der Waals surface area contributed by atoms with Gasteiger partial charge >= 0.3 is 0 Å². The van der Waals surface area contributed by atoms with Crippen LogP contribution in [0.3, 0.4) is 0 Å². The Morgan fingerprint density at radius 1 is 1.04 bits per heavy atom. The molecule has 7 atom stereocenters. The maximum Gasteiger partial charge on any atom is 0.0910 e. The van der Waals surface area contributed by atoms with Crippen LogP contribution in [0.1, 0.15) is 72.1 Å². The Balaban J connectivity index is 1.76. The first-order chi connectivity index (χ1) is 10.7. The van der Waals surface area contributed by atoms with Gasteiger partial charge in [-0.3, -0.25) is 0 Å². The van der Waals surface area contributed by atoms with Gasteiger partial charge in [-0.15, -0.1) is 0 Å². The van der Waals surface area contributed by atoms with Gasteiger partial charge in [0.15, 0.2) is 0 Å². The monoisotopic (exact) mass is 322 g/mol. The van der Waals surface area contributed by atoms with Crippen molar-refractivity contribution in [1.82, 2.24) is 0 Å². The molecule has 0 aliphatic heterocycles. The predicted molar refractivity (Wildman–Crippen MR) is 89.8 cm³/mol. The molecule has 4 aliphatic rings. The molecular formula is C20H34O3. The van der Waals surface area contributed by atoms with E-state index in [1.165, 1.54) is 25.7 Å². The first kappa shape index (κ1) is 16.4. The van der Waals surface area contributed by atoms with E-state index in [-0.39, 0.29) is 34.9 Å². The molecule has 3 heteroatoms. The summed E-state index contributed by atoms with van der Waals surface area (Å²) in [4.78, 5) is 0. The summed E-state index contributed by atoms with van der Waals surface area (Å²) in [7, 11) is 0. The van der Waals surface area contributed by atoms with E-state index in [1.54, 1.807) is 0 Å². The summed E-state index contributed by atoms with van der Waals surface area (Å²) in [5, 5.41) is 31.9. The molecule has 4 saturated carbocycles. The fourth-order valence-electron chi connectivity index (χ4n) is 8.34. The fraction of sp³-hybridized carbons (Fsp3) is 1.00. The lowest BCUT2D eigenvalue weighted by Crippen LogP contribution is -2.61. The van der Waals surface area contributed by atoms with E-state index in [4.69, 9.17) is 0 Å². The Hall–Kier alpha value is -0.120. The lowest BCUT2D eigenvalue weighted by Gasteiger charge is -2.65. The lowest BCUT2D eigenvalue weighted by atomic mass is 9.40. The molecule has 0 unspecified atom stereocenters. The largest absolute Gasteiger partial charge is 0.393 e. The Kier molecular flexibility index (Phi) is 3.37. The summed E-state index contributed by atoms with van der Waals surface area (Å²) < 4.78 is 0. The van der Waals surface area contributed by atoms with Crippen LogP contribution in [0.15, 0.2) is 0 Å². The van der Waals surface area contributed by atoms with E-state index < -0.39 is 5.60 Å². The van der Waals surface area contributed by atoms with Crippen LogP contribution in [-0.4, -0.2) is 33.6 Å². The average molecular weight is 322 g/mol. The van der Waals surface area contributed by atoms with E-state index in [0.717, 1.165) is 19.3 Å². The second kappa shape index (κ2) is 4.74. The van der Waals surface area contributed by atoms with E-state index in [2.05, 4.69) is 20.8 Å². The molecule has 0 heterocycles. The molecule has 0 aromatic rings. The van der Waals surface area contributed by atoms with Crippen LogP contribution in [0.2, 0.25) is 0 Å². The normalized spacial score (nSPS) is 57.7. The molecule has 23 heavy (non-hydrogen) atoms. The van der Waals surface area contributed by atoms with E-state index in [1.807, 2.05) is 0 Å². The Morgan fingerprint density at radius 2 is 1.78 bits per heavy atom. The third-order valence-corrected chi connectivity index (χ3v) is 8.77. The molecular weight excluding hydrogens is 288 g/mol. The number of hydrogen-bond acceptors (Lipinski definition) is 3. The van der Waals surface area contributed by atoms with Crippen molar-refractivity contribution in [3.05, 3.63) is 0 Å². The number of rotatable bonds is 1. The smallest absolute Gasteiger partial charge is 0.0910 e. The molecule has 2 bridgehead atoms. The Bertz CT molecular complexity index is 503. The highest BCUT2D eigenvalue weighted by atomic mass is 16.3. The second-order valence-electron chi connectivity index (χ2n) is 10.4. The minimum absolute atomic E-state index is 0.0541. The van der Waals surface area contributed by atoms with Crippen LogP contribution >= 0.6 is 0 Å². The summed E-state index contributed by atoms with van der Waals surface area (Å²) in [5.41, 5.74) is -0.456. The topological polar surface area (TPSA) is 60.7 Å². The molecule has 3 nitrogen and oxygen atoms in total. The van der Waals surface area contributed by atoms with Gasteiger partial charge in [-0.2, -0.15) is 0 Å². The summed E-state index contributed by atoms with van der Waals surface area (Å²) in [6, 6.07) is 0.